The summed E-state index contributed by atoms with van der Waals surface area (Å²) < 4.78 is 0.744. The average molecular weight is 342 g/mol. The van der Waals surface area contributed by atoms with Crippen molar-refractivity contribution >= 4 is 27.7 Å². The Morgan fingerprint density at radius 2 is 2.25 bits per heavy atom. The number of hydrazine groups is 1. The van der Waals surface area contributed by atoms with Crippen LogP contribution in [0.1, 0.15) is 30.1 Å². The first-order chi connectivity index (χ1) is 9.60. The molecule has 20 heavy (non-hydrogen) atoms. The minimum absolute atomic E-state index is 0.0882. The molecule has 0 bridgehead atoms. The van der Waals surface area contributed by atoms with Gasteiger partial charge >= 0.3 is 0 Å². The van der Waals surface area contributed by atoms with Gasteiger partial charge in [-0.2, -0.15) is 0 Å². The van der Waals surface area contributed by atoms with Crippen LogP contribution in [0, 0.1) is 0 Å². The maximum Gasteiger partial charge on any atom is 0.255 e. The Morgan fingerprint density at radius 1 is 1.55 bits per heavy atom. The molecule has 1 aromatic rings. The van der Waals surface area contributed by atoms with Gasteiger partial charge < -0.3 is 15.6 Å². The third-order valence-corrected chi connectivity index (χ3v) is 3.78. The van der Waals surface area contributed by atoms with Gasteiger partial charge in [0.2, 0.25) is 0 Å². The molecule has 2 rings (SSSR count). The lowest BCUT2D eigenvalue weighted by Crippen LogP contribution is -2.41. The number of pyridine rings is 1. The van der Waals surface area contributed by atoms with E-state index < -0.39 is 0 Å². The minimum Gasteiger partial charge on any atom is -0.348 e. The number of nitrogens with two attached hydrogens (primary N) is 1. The monoisotopic (exact) mass is 341 g/mol. The lowest BCUT2D eigenvalue weighted by molar-refractivity contribution is 0.0932. The van der Waals surface area contributed by atoms with Crippen molar-refractivity contribution in [3.8, 4) is 0 Å². The largest absolute Gasteiger partial charge is 0.348 e. The summed E-state index contributed by atoms with van der Waals surface area (Å²) in [5.74, 6) is 5.59. The molecule has 1 saturated heterocycles. The highest BCUT2D eigenvalue weighted by atomic mass is 79.9. The molecule has 6 nitrogen and oxygen atoms in total. The van der Waals surface area contributed by atoms with Crippen molar-refractivity contribution in [3.63, 3.8) is 0 Å². The van der Waals surface area contributed by atoms with Crippen molar-refractivity contribution in [2.75, 3.05) is 25.1 Å². The maximum absolute atomic E-state index is 12.3. The smallest absolute Gasteiger partial charge is 0.255 e. The second-order valence-electron chi connectivity index (χ2n) is 5.08. The standard InChI is InChI=1S/C13H20BrN5O/c1-9(8-19-4-2-3-5-19)17-13(20)11-6-10(14)7-16-12(11)18-15/h6-7,9H,2-5,8,15H2,1H3,(H,16,18)(H,17,20). The van der Waals surface area contributed by atoms with Crippen LogP contribution in [0.3, 0.4) is 0 Å². The molecule has 4 N–H and O–H groups in total. The molecule has 0 spiro atoms. The predicted molar refractivity (Wildman–Crippen MR) is 82.3 cm³/mol. The zero-order valence-corrected chi connectivity index (χ0v) is 13.1. The zero-order valence-electron chi connectivity index (χ0n) is 11.5. The van der Waals surface area contributed by atoms with E-state index in [1.807, 2.05) is 6.92 Å². The molecule has 0 radical (unpaired) electrons. The molecule has 1 atom stereocenters. The minimum atomic E-state index is -0.168. The highest BCUT2D eigenvalue weighted by Gasteiger charge is 2.18. The number of anilines is 1. The van der Waals surface area contributed by atoms with Gasteiger partial charge in [-0.15, -0.1) is 0 Å². The number of likely N-dealkylation sites (tertiary alicyclic amines) is 1. The molecule has 7 heteroatoms. The van der Waals surface area contributed by atoms with Crippen molar-refractivity contribution in [3.05, 3.63) is 22.3 Å². The summed E-state index contributed by atoms with van der Waals surface area (Å²) in [6, 6.07) is 1.80. The molecule has 0 saturated carbocycles. The fourth-order valence-electron chi connectivity index (χ4n) is 2.43. The molecule has 2 heterocycles. The SMILES string of the molecule is CC(CN1CCCC1)NC(=O)c1cc(Br)cnc1NN. The molecule has 1 aliphatic heterocycles. The second-order valence-corrected chi connectivity index (χ2v) is 5.99. The molecule has 0 aromatic carbocycles. The zero-order chi connectivity index (χ0) is 14.5. The van der Waals surface area contributed by atoms with Gasteiger partial charge in [0.05, 0.1) is 5.56 Å². The summed E-state index contributed by atoms with van der Waals surface area (Å²) in [6.07, 6.45) is 4.09. The van der Waals surface area contributed by atoms with Crippen LogP contribution in [0.15, 0.2) is 16.7 Å². The number of carbonyl (C=O) groups is 1. The number of hydrogen-bond acceptors (Lipinski definition) is 5. The molecule has 1 unspecified atom stereocenters. The van der Waals surface area contributed by atoms with E-state index in [0.29, 0.717) is 11.4 Å². The van der Waals surface area contributed by atoms with E-state index in [0.717, 1.165) is 24.1 Å². The van der Waals surface area contributed by atoms with E-state index in [-0.39, 0.29) is 11.9 Å². The Bertz CT molecular complexity index is 476. The van der Waals surface area contributed by atoms with Gasteiger partial charge in [-0.05, 0) is 54.9 Å². The normalized spacial score (nSPS) is 16.9. The molecule has 1 aliphatic rings. The molecule has 1 aromatic heterocycles. The van der Waals surface area contributed by atoms with Crippen LogP contribution in [0.2, 0.25) is 0 Å². The van der Waals surface area contributed by atoms with Gasteiger partial charge in [0.1, 0.15) is 0 Å². The van der Waals surface area contributed by atoms with E-state index in [1.54, 1.807) is 12.3 Å². The van der Waals surface area contributed by atoms with Crippen molar-refractivity contribution < 1.29 is 4.79 Å². The maximum atomic E-state index is 12.3. The van der Waals surface area contributed by atoms with Crippen molar-refractivity contribution in [1.82, 2.24) is 15.2 Å². The van der Waals surface area contributed by atoms with Gasteiger partial charge in [-0.3, -0.25) is 4.79 Å². The molecule has 1 amide bonds. The number of hydrogen-bond donors (Lipinski definition) is 3. The Labute approximate surface area is 127 Å². The summed E-state index contributed by atoms with van der Waals surface area (Å²) in [7, 11) is 0. The number of rotatable bonds is 5. The number of nitrogens with one attached hydrogen (secondary N) is 2. The fraction of sp³-hybridized carbons (Fsp3) is 0.538. The summed E-state index contributed by atoms with van der Waals surface area (Å²) in [5, 5.41) is 2.99. The van der Waals surface area contributed by atoms with Crippen LogP contribution in [0.4, 0.5) is 5.82 Å². The van der Waals surface area contributed by atoms with E-state index in [1.165, 1.54) is 12.8 Å². The number of nitrogen functional groups attached to an aromatic ring is 1. The Balaban J connectivity index is 1.98. The van der Waals surface area contributed by atoms with Crippen molar-refractivity contribution in [2.45, 2.75) is 25.8 Å². The highest BCUT2D eigenvalue weighted by Crippen LogP contribution is 2.17. The Morgan fingerprint density at radius 3 is 2.90 bits per heavy atom. The Hall–Kier alpha value is -1.18. The second kappa shape index (κ2) is 7.01. The number of nitrogens with zero attached hydrogens (tertiary/aromatic N) is 2. The van der Waals surface area contributed by atoms with Gasteiger partial charge in [0.15, 0.2) is 5.82 Å². The fourth-order valence-corrected chi connectivity index (χ4v) is 2.76. The van der Waals surface area contributed by atoms with E-state index >= 15 is 0 Å². The summed E-state index contributed by atoms with van der Waals surface area (Å²) in [5.41, 5.74) is 2.89. The van der Waals surface area contributed by atoms with Gasteiger partial charge in [-0.1, -0.05) is 0 Å². The summed E-state index contributed by atoms with van der Waals surface area (Å²) in [6.45, 7) is 5.12. The summed E-state index contributed by atoms with van der Waals surface area (Å²) in [4.78, 5) is 18.7. The Kier molecular flexibility index (Phi) is 5.33. The van der Waals surface area contributed by atoms with Crippen LogP contribution in [0.25, 0.3) is 0 Å². The van der Waals surface area contributed by atoms with Gasteiger partial charge in [-0.25, -0.2) is 10.8 Å². The van der Waals surface area contributed by atoms with Crippen LogP contribution >= 0.6 is 15.9 Å². The molecule has 1 fully saturated rings. The third kappa shape index (κ3) is 3.91. The lowest BCUT2D eigenvalue weighted by Gasteiger charge is -2.21. The molecule has 110 valence electrons. The van der Waals surface area contributed by atoms with E-state index in [4.69, 9.17) is 5.84 Å². The van der Waals surface area contributed by atoms with Gasteiger partial charge in [0.25, 0.3) is 5.91 Å². The topological polar surface area (TPSA) is 83.3 Å². The first kappa shape index (κ1) is 15.2. The summed E-state index contributed by atoms with van der Waals surface area (Å²) >= 11 is 3.31. The number of amides is 1. The number of carbonyl (C=O) groups excluding carboxylic acids is 1. The lowest BCUT2D eigenvalue weighted by atomic mass is 10.2. The van der Waals surface area contributed by atoms with Crippen molar-refractivity contribution in [2.24, 2.45) is 5.84 Å². The highest BCUT2D eigenvalue weighted by molar-refractivity contribution is 9.10. The predicted octanol–water partition coefficient (Wildman–Crippen LogP) is 1.34. The van der Waals surface area contributed by atoms with Crippen LogP contribution < -0.4 is 16.6 Å². The van der Waals surface area contributed by atoms with E-state index in [9.17, 15) is 4.79 Å². The molecular formula is C13H20BrN5O. The van der Waals surface area contributed by atoms with Crippen LogP contribution in [-0.2, 0) is 0 Å². The van der Waals surface area contributed by atoms with Crippen molar-refractivity contribution in [1.29, 1.82) is 0 Å². The third-order valence-electron chi connectivity index (χ3n) is 3.34. The van der Waals surface area contributed by atoms with Crippen LogP contribution in [-0.4, -0.2) is 41.5 Å². The average Bonchev–Trinajstić information content (AvgIpc) is 2.91. The van der Waals surface area contributed by atoms with E-state index in [2.05, 4.69) is 36.6 Å². The number of aromatic nitrogens is 1. The molecule has 0 aliphatic carbocycles. The first-order valence-corrected chi connectivity index (χ1v) is 7.55. The van der Waals surface area contributed by atoms with Gasteiger partial charge in [0, 0.05) is 23.3 Å². The first-order valence-electron chi connectivity index (χ1n) is 6.75. The number of halogens is 1. The quantitative estimate of drug-likeness (QED) is 0.556. The van der Waals surface area contributed by atoms with Crippen LogP contribution in [0.5, 0.6) is 0 Å². The molecular weight excluding hydrogens is 322 g/mol.